The Bertz CT molecular complexity index is 1130. The molecule has 0 radical (unpaired) electrons. The lowest BCUT2D eigenvalue weighted by Crippen LogP contribution is -2.09. The molecule has 0 aliphatic heterocycles. The summed E-state index contributed by atoms with van der Waals surface area (Å²) >= 11 is 0. The monoisotopic (exact) mass is 434 g/mol. The molecule has 0 bridgehead atoms. The van der Waals surface area contributed by atoms with Crippen LogP contribution in [0.5, 0.6) is 17.2 Å². The van der Waals surface area contributed by atoms with Crippen LogP contribution in [0.15, 0.2) is 72.8 Å². The second kappa shape index (κ2) is 10.6. The van der Waals surface area contributed by atoms with Gasteiger partial charge in [-0.3, -0.25) is 14.9 Å². The first kappa shape index (κ1) is 22.4. The quantitative estimate of drug-likeness (QED) is 0.294. The summed E-state index contributed by atoms with van der Waals surface area (Å²) in [5.74, 6) is 0.912. The average molecular weight is 434 g/mol. The van der Waals surface area contributed by atoms with Gasteiger partial charge in [0.15, 0.2) is 11.5 Å². The zero-order valence-electron chi connectivity index (χ0n) is 17.6. The molecule has 0 spiro atoms. The van der Waals surface area contributed by atoms with Crippen molar-refractivity contribution in [2.24, 2.45) is 0 Å². The Balaban J connectivity index is 1.68. The molecule has 0 saturated carbocycles. The molecule has 0 atom stereocenters. The summed E-state index contributed by atoms with van der Waals surface area (Å²) in [6.07, 6.45) is 2.86. The van der Waals surface area contributed by atoms with Gasteiger partial charge in [-0.15, -0.1) is 0 Å². The first-order valence-corrected chi connectivity index (χ1v) is 9.66. The fourth-order valence-corrected chi connectivity index (χ4v) is 2.88. The van der Waals surface area contributed by atoms with Crippen molar-refractivity contribution in [2.45, 2.75) is 6.61 Å². The van der Waals surface area contributed by atoms with Crippen LogP contribution in [-0.2, 0) is 11.4 Å². The van der Waals surface area contributed by atoms with E-state index in [0.29, 0.717) is 29.4 Å². The van der Waals surface area contributed by atoms with E-state index in [1.54, 1.807) is 24.3 Å². The van der Waals surface area contributed by atoms with Crippen molar-refractivity contribution < 1.29 is 23.9 Å². The second-order valence-electron chi connectivity index (χ2n) is 6.65. The Morgan fingerprint density at radius 2 is 1.78 bits per heavy atom. The van der Waals surface area contributed by atoms with E-state index < -0.39 is 10.8 Å². The molecular formula is C24H22N2O6. The molecule has 0 saturated heterocycles. The van der Waals surface area contributed by atoms with Gasteiger partial charge in [-0.2, -0.15) is 0 Å². The molecule has 0 fully saturated rings. The smallest absolute Gasteiger partial charge is 0.296 e. The van der Waals surface area contributed by atoms with Crippen molar-refractivity contribution in [1.29, 1.82) is 0 Å². The SMILES string of the molecule is COc1ccc(NC(=O)/C=C/c2ccc(OCc3ccccc3)c(OC)c2)c([N+](=O)[O-])c1. The molecule has 0 heterocycles. The van der Waals surface area contributed by atoms with E-state index in [1.165, 1.54) is 38.5 Å². The van der Waals surface area contributed by atoms with Crippen LogP contribution in [0.2, 0.25) is 0 Å². The van der Waals surface area contributed by atoms with Crippen molar-refractivity contribution in [3.8, 4) is 17.2 Å². The van der Waals surface area contributed by atoms with E-state index in [-0.39, 0.29) is 11.4 Å². The molecule has 1 amide bonds. The van der Waals surface area contributed by atoms with Crippen LogP contribution in [0.25, 0.3) is 6.08 Å². The van der Waals surface area contributed by atoms with Gasteiger partial charge in [0.2, 0.25) is 5.91 Å². The largest absolute Gasteiger partial charge is 0.496 e. The topological polar surface area (TPSA) is 99.9 Å². The third kappa shape index (κ3) is 5.85. The van der Waals surface area contributed by atoms with Crippen LogP contribution in [-0.4, -0.2) is 25.1 Å². The number of nitrogens with zero attached hydrogens (tertiary/aromatic N) is 1. The first-order valence-electron chi connectivity index (χ1n) is 9.66. The van der Waals surface area contributed by atoms with E-state index in [0.717, 1.165) is 5.56 Å². The highest BCUT2D eigenvalue weighted by Crippen LogP contribution is 2.30. The van der Waals surface area contributed by atoms with Gasteiger partial charge in [0.1, 0.15) is 18.0 Å². The van der Waals surface area contributed by atoms with Crippen molar-refractivity contribution in [3.63, 3.8) is 0 Å². The van der Waals surface area contributed by atoms with Gasteiger partial charge in [-0.1, -0.05) is 36.4 Å². The van der Waals surface area contributed by atoms with Gasteiger partial charge in [-0.25, -0.2) is 0 Å². The molecule has 8 heteroatoms. The molecule has 0 unspecified atom stereocenters. The summed E-state index contributed by atoms with van der Waals surface area (Å²) in [7, 11) is 2.94. The van der Waals surface area contributed by atoms with Crippen LogP contribution in [0.4, 0.5) is 11.4 Å². The minimum Gasteiger partial charge on any atom is -0.496 e. The van der Waals surface area contributed by atoms with Crippen LogP contribution >= 0.6 is 0 Å². The molecule has 1 N–H and O–H groups in total. The van der Waals surface area contributed by atoms with E-state index in [2.05, 4.69) is 5.32 Å². The maximum Gasteiger partial charge on any atom is 0.296 e. The Morgan fingerprint density at radius 1 is 1.00 bits per heavy atom. The summed E-state index contributed by atoms with van der Waals surface area (Å²) in [5, 5.41) is 13.8. The number of nitro groups is 1. The van der Waals surface area contributed by atoms with Crippen molar-refractivity contribution in [3.05, 3.63) is 94.0 Å². The summed E-state index contributed by atoms with van der Waals surface area (Å²) in [5.41, 5.74) is 1.55. The van der Waals surface area contributed by atoms with E-state index in [4.69, 9.17) is 14.2 Å². The fraction of sp³-hybridized carbons (Fsp3) is 0.125. The Hall–Kier alpha value is -4.33. The number of amides is 1. The number of benzene rings is 3. The zero-order chi connectivity index (χ0) is 22.9. The molecular weight excluding hydrogens is 412 g/mol. The average Bonchev–Trinajstić information content (AvgIpc) is 2.82. The highest BCUT2D eigenvalue weighted by molar-refractivity contribution is 6.03. The van der Waals surface area contributed by atoms with Gasteiger partial charge < -0.3 is 19.5 Å². The number of methoxy groups -OCH3 is 2. The number of ether oxygens (including phenoxy) is 3. The normalized spacial score (nSPS) is 10.6. The summed E-state index contributed by atoms with van der Waals surface area (Å²) in [6, 6.07) is 19.2. The van der Waals surface area contributed by atoms with Gasteiger partial charge in [0.25, 0.3) is 5.69 Å². The third-order valence-electron chi connectivity index (χ3n) is 4.51. The maximum absolute atomic E-state index is 12.3. The minimum atomic E-state index is -0.582. The minimum absolute atomic E-state index is 0.0766. The number of anilines is 1. The predicted molar refractivity (Wildman–Crippen MR) is 121 cm³/mol. The third-order valence-corrected chi connectivity index (χ3v) is 4.51. The van der Waals surface area contributed by atoms with Crippen molar-refractivity contribution in [2.75, 3.05) is 19.5 Å². The summed E-state index contributed by atoms with van der Waals surface area (Å²) in [6.45, 7) is 0.398. The Morgan fingerprint density at radius 3 is 2.47 bits per heavy atom. The van der Waals surface area contributed by atoms with Crippen LogP contribution < -0.4 is 19.5 Å². The van der Waals surface area contributed by atoms with Gasteiger partial charge in [0, 0.05) is 6.08 Å². The first-order chi connectivity index (χ1) is 15.5. The van der Waals surface area contributed by atoms with Crippen LogP contribution in [0, 0.1) is 10.1 Å². The molecule has 0 aliphatic carbocycles. The second-order valence-corrected chi connectivity index (χ2v) is 6.65. The number of nitrogens with one attached hydrogen (secondary N) is 1. The summed E-state index contributed by atoms with van der Waals surface area (Å²) < 4.78 is 16.2. The maximum atomic E-state index is 12.3. The molecule has 32 heavy (non-hydrogen) atoms. The van der Waals surface area contributed by atoms with Gasteiger partial charge in [0.05, 0.1) is 25.2 Å². The number of nitro benzene ring substituents is 1. The highest BCUT2D eigenvalue weighted by Gasteiger charge is 2.16. The number of hydrogen-bond acceptors (Lipinski definition) is 6. The number of hydrogen-bond donors (Lipinski definition) is 1. The number of rotatable bonds is 9. The number of carbonyl (C=O) groups excluding carboxylic acids is 1. The van der Waals surface area contributed by atoms with Crippen LogP contribution in [0.1, 0.15) is 11.1 Å². The van der Waals surface area contributed by atoms with Crippen LogP contribution in [0.3, 0.4) is 0 Å². The molecule has 0 aliphatic rings. The van der Waals surface area contributed by atoms with E-state index >= 15 is 0 Å². The van der Waals surface area contributed by atoms with Crippen molar-refractivity contribution >= 4 is 23.4 Å². The van der Waals surface area contributed by atoms with Gasteiger partial charge >= 0.3 is 0 Å². The number of carbonyl (C=O) groups is 1. The Kier molecular flexibility index (Phi) is 7.42. The fourth-order valence-electron chi connectivity index (χ4n) is 2.88. The molecule has 164 valence electrons. The van der Waals surface area contributed by atoms with Gasteiger partial charge in [-0.05, 0) is 41.5 Å². The lowest BCUT2D eigenvalue weighted by molar-refractivity contribution is -0.384. The lowest BCUT2D eigenvalue weighted by atomic mass is 10.2. The lowest BCUT2D eigenvalue weighted by Gasteiger charge is -2.11. The van der Waals surface area contributed by atoms with E-state index in [9.17, 15) is 14.9 Å². The van der Waals surface area contributed by atoms with Crippen molar-refractivity contribution in [1.82, 2.24) is 0 Å². The zero-order valence-corrected chi connectivity index (χ0v) is 17.6. The Labute approximate surface area is 185 Å². The molecule has 3 aromatic carbocycles. The standard InChI is InChI=1S/C24H22N2O6/c1-30-19-10-11-20(21(15-19)26(28)29)25-24(27)13-9-17-8-12-22(23(14-17)31-2)32-16-18-6-4-3-5-7-18/h3-15H,16H2,1-2H3,(H,25,27)/b13-9+. The van der Waals surface area contributed by atoms with E-state index in [1.807, 2.05) is 30.3 Å². The molecule has 8 nitrogen and oxygen atoms in total. The molecule has 0 aromatic heterocycles. The molecule has 3 rings (SSSR count). The highest BCUT2D eigenvalue weighted by atomic mass is 16.6. The predicted octanol–water partition coefficient (Wildman–Crippen LogP) is 4.84. The summed E-state index contributed by atoms with van der Waals surface area (Å²) in [4.78, 5) is 23.0. The molecule has 3 aromatic rings.